The first kappa shape index (κ1) is 17.7. The minimum atomic E-state index is -0.0732. The number of benzene rings is 2. The molecule has 0 aliphatic carbocycles. The van der Waals surface area contributed by atoms with Gasteiger partial charge in [-0.25, -0.2) is 0 Å². The zero-order chi connectivity index (χ0) is 18.4. The van der Waals surface area contributed by atoms with Crippen LogP contribution < -0.4 is 10.7 Å². The smallest absolute Gasteiger partial charge is 0.244 e. The second kappa shape index (κ2) is 8.34. The van der Waals surface area contributed by atoms with E-state index < -0.39 is 0 Å². The van der Waals surface area contributed by atoms with Gasteiger partial charge in [-0.1, -0.05) is 60.2 Å². The number of hydrazine groups is 1. The zero-order valence-corrected chi connectivity index (χ0v) is 14.9. The number of hydrogen-bond acceptors (Lipinski definition) is 3. The molecule has 0 aromatic heterocycles. The summed E-state index contributed by atoms with van der Waals surface area (Å²) in [5.41, 5.74) is 7.29. The minimum Gasteiger partial charge on any atom is -0.352 e. The Morgan fingerprint density at radius 2 is 1.85 bits per heavy atom. The van der Waals surface area contributed by atoms with E-state index in [1.807, 2.05) is 67.6 Å². The van der Waals surface area contributed by atoms with Gasteiger partial charge in [-0.05, 0) is 24.1 Å². The van der Waals surface area contributed by atoms with Crippen molar-refractivity contribution in [2.24, 2.45) is 0 Å². The molecule has 2 N–H and O–H groups in total. The highest BCUT2D eigenvalue weighted by atomic mass is 16.2. The normalized spacial score (nSPS) is 13.8. The highest BCUT2D eigenvalue weighted by Crippen LogP contribution is 2.17. The van der Waals surface area contributed by atoms with Gasteiger partial charge in [0, 0.05) is 19.4 Å². The van der Waals surface area contributed by atoms with E-state index in [0.29, 0.717) is 19.5 Å². The number of rotatable bonds is 6. The third kappa shape index (κ3) is 4.72. The van der Waals surface area contributed by atoms with Gasteiger partial charge in [0.15, 0.2) is 0 Å². The average Bonchev–Trinajstić information content (AvgIpc) is 2.67. The summed E-state index contributed by atoms with van der Waals surface area (Å²) >= 11 is 0. The SMILES string of the molecule is Cc1ccc(CNC(=O)CCN2NC(c3ccccc3)=CCC2=O)cc1. The van der Waals surface area contributed by atoms with Crippen molar-refractivity contribution in [3.8, 4) is 0 Å². The van der Waals surface area contributed by atoms with Crippen LogP contribution >= 0.6 is 0 Å². The maximum absolute atomic E-state index is 12.1. The first-order valence-corrected chi connectivity index (χ1v) is 8.76. The number of nitrogens with zero attached hydrogens (tertiary/aromatic N) is 1. The summed E-state index contributed by atoms with van der Waals surface area (Å²) in [6, 6.07) is 17.9. The van der Waals surface area contributed by atoms with Gasteiger partial charge in [-0.2, -0.15) is 0 Å². The molecule has 0 fully saturated rings. The van der Waals surface area contributed by atoms with Gasteiger partial charge in [-0.3, -0.25) is 20.0 Å². The number of nitrogens with one attached hydrogen (secondary N) is 2. The number of carbonyl (C=O) groups is 2. The summed E-state index contributed by atoms with van der Waals surface area (Å²) < 4.78 is 0. The van der Waals surface area contributed by atoms with Crippen LogP contribution in [-0.2, 0) is 16.1 Å². The van der Waals surface area contributed by atoms with Crippen LogP contribution in [0, 0.1) is 6.92 Å². The fourth-order valence-electron chi connectivity index (χ4n) is 2.74. The van der Waals surface area contributed by atoms with Crippen molar-refractivity contribution in [3.63, 3.8) is 0 Å². The van der Waals surface area contributed by atoms with E-state index in [2.05, 4.69) is 10.7 Å². The summed E-state index contributed by atoms with van der Waals surface area (Å²) in [7, 11) is 0. The third-order valence-corrected chi connectivity index (χ3v) is 4.29. The molecule has 2 amide bonds. The molecule has 2 aromatic rings. The van der Waals surface area contributed by atoms with E-state index in [0.717, 1.165) is 16.8 Å². The van der Waals surface area contributed by atoms with Gasteiger partial charge in [0.1, 0.15) is 0 Å². The number of hydrogen-bond donors (Lipinski definition) is 2. The molecular weight excluding hydrogens is 326 g/mol. The minimum absolute atomic E-state index is 0.0315. The molecule has 1 aliphatic heterocycles. The number of amides is 2. The van der Waals surface area contributed by atoms with E-state index in [-0.39, 0.29) is 18.2 Å². The first-order chi connectivity index (χ1) is 12.6. The van der Waals surface area contributed by atoms with Gasteiger partial charge in [0.2, 0.25) is 11.8 Å². The van der Waals surface area contributed by atoms with Crippen molar-refractivity contribution in [3.05, 3.63) is 77.4 Å². The summed E-state index contributed by atoms with van der Waals surface area (Å²) in [4.78, 5) is 24.2. The van der Waals surface area contributed by atoms with Crippen LogP contribution in [-0.4, -0.2) is 23.4 Å². The maximum atomic E-state index is 12.1. The molecule has 1 aliphatic rings. The molecule has 0 atom stereocenters. The van der Waals surface area contributed by atoms with E-state index in [1.165, 1.54) is 10.6 Å². The number of aryl methyl sites for hydroxylation is 1. The Hall–Kier alpha value is -3.08. The second-order valence-electron chi connectivity index (χ2n) is 6.36. The standard InChI is InChI=1S/C21H23N3O2/c1-16-7-9-17(10-8-16)15-22-20(25)13-14-24-21(26)12-11-19(23-24)18-5-3-2-4-6-18/h2-11,23H,12-15H2,1H3,(H,22,25). The van der Waals surface area contributed by atoms with Gasteiger partial charge >= 0.3 is 0 Å². The molecule has 0 unspecified atom stereocenters. The molecule has 0 saturated heterocycles. The summed E-state index contributed by atoms with van der Waals surface area (Å²) in [6.45, 7) is 2.86. The molecule has 0 bridgehead atoms. The lowest BCUT2D eigenvalue weighted by Crippen LogP contribution is -2.45. The maximum Gasteiger partial charge on any atom is 0.244 e. The third-order valence-electron chi connectivity index (χ3n) is 4.29. The molecule has 3 rings (SSSR count). The Kier molecular flexibility index (Phi) is 5.69. The molecule has 5 heteroatoms. The summed E-state index contributed by atoms with van der Waals surface area (Å²) in [5, 5.41) is 4.42. The van der Waals surface area contributed by atoms with Crippen molar-refractivity contribution in [1.29, 1.82) is 0 Å². The second-order valence-corrected chi connectivity index (χ2v) is 6.36. The van der Waals surface area contributed by atoms with Crippen LogP contribution in [0.15, 0.2) is 60.7 Å². The Balaban J connectivity index is 1.49. The molecule has 134 valence electrons. The quantitative estimate of drug-likeness (QED) is 0.843. The predicted octanol–water partition coefficient (Wildman–Crippen LogP) is 2.78. The van der Waals surface area contributed by atoms with Crippen LogP contribution in [0.2, 0.25) is 0 Å². The monoisotopic (exact) mass is 349 g/mol. The molecule has 5 nitrogen and oxygen atoms in total. The Morgan fingerprint density at radius 3 is 2.58 bits per heavy atom. The molecule has 0 spiro atoms. The van der Waals surface area contributed by atoms with Gasteiger partial charge in [-0.15, -0.1) is 0 Å². The van der Waals surface area contributed by atoms with Gasteiger partial charge < -0.3 is 5.32 Å². The molecule has 0 radical (unpaired) electrons. The molecule has 1 heterocycles. The van der Waals surface area contributed by atoms with E-state index in [9.17, 15) is 9.59 Å². The van der Waals surface area contributed by atoms with Gasteiger partial charge in [0.25, 0.3) is 0 Å². The average molecular weight is 349 g/mol. The lowest BCUT2D eigenvalue weighted by molar-refractivity contribution is -0.133. The molecule has 26 heavy (non-hydrogen) atoms. The van der Waals surface area contributed by atoms with Crippen LogP contribution in [0.3, 0.4) is 0 Å². The molecular formula is C21H23N3O2. The van der Waals surface area contributed by atoms with Crippen molar-refractivity contribution in [2.75, 3.05) is 6.54 Å². The molecule has 2 aromatic carbocycles. The van der Waals surface area contributed by atoms with E-state index in [4.69, 9.17) is 0 Å². The highest BCUT2D eigenvalue weighted by molar-refractivity contribution is 5.84. The van der Waals surface area contributed by atoms with Crippen molar-refractivity contribution in [2.45, 2.75) is 26.3 Å². The largest absolute Gasteiger partial charge is 0.352 e. The predicted molar refractivity (Wildman–Crippen MR) is 102 cm³/mol. The lowest BCUT2D eigenvalue weighted by atomic mass is 10.1. The van der Waals surface area contributed by atoms with Crippen molar-refractivity contribution >= 4 is 17.5 Å². The van der Waals surface area contributed by atoms with Crippen LogP contribution in [0.1, 0.15) is 29.5 Å². The van der Waals surface area contributed by atoms with Crippen molar-refractivity contribution in [1.82, 2.24) is 15.8 Å². The Morgan fingerprint density at radius 1 is 1.12 bits per heavy atom. The summed E-state index contributed by atoms with van der Waals surface area (Å²) in [5.74, 6) is -0.105. The number of carbonyl (C=O) groups excluding carboxylic acids is 2. The lowest BCUT2D eigenvalue weighted by Gasteiger charge is -2.29. The topological polar surface area (TPSA) is 61.4 Å². The Bertz CT molecular complexity index is 798. The first-order valence-electron chi connectivity index (χ1n) is 8.76. The fraction of sp³-hybridized carbons (Fsp3) is 0.238. The van der Waals surface area contributed by atoms with Crippen LogP contribution in [0.4, 0.5) is 0 Å². The van der Waals surface area contributed by atoms with Crippen molar-refractivity contribution < 1.29 is 9.59 Å². The van der Waals surface area contributed by atoms with E-state index >= 15 is 0 Å². The fourth-order valence-corrected chi connectivity index (χ4v) is 2.74. The molecule has 0 saturated carbocycles. The Labute approximate surface area is 153 Å². The highest BCUT2D eigenvalue weighted by Gasteiger charge is 2.20. The zero-order valence-electron chi connectivity index (χ0n) is 14.9. The van der Waals surface area contributed by atoms with E-state index in [1.54, 1.807) is 0 Å². The summed E-state index contributed by atoms with van der Waals surface area (Å²) in [6.07, 6.45) is 2.47. The van der Waals surface area contributed by atoms with Crippen LogP contribution in [0.25, 0.3) is 5.70 Å². The van der Waals surface area contributed by atoms with Gasteiger partial charge in [0.05, 0.1) is 12.2 Å². The van der Waals surface area contributed by atoms with Crippen LogP contribution in [0.5, 0.6) is 0 Å².